The van der Waals surface area contributed by atoms with Crippen molar-refractivity contribution >= 4 is 27.5 Å². The van der Waals surface area contributed by atoms with Gasteiger partial charge in [0.05, 0.1) is 5.56 Å². The molecule has 1 aromatic carbocycles. The zero-order valence-electron chi connectivity index (χ0n) is 11.2. The van der Waals surface area contributed by atoms with E-state index in [9.17, 15) is 26.0 Å². The van der Waals surface area contributed by atoms with Crippen LogP contribution in [-0.4, -0.2) is 19.5 Å². The number of rotatable bonds is 2. The molecule has 22 heavy (non-hydrogen) atoms. The van der Waals surface area contributed by atoms with Crippen LogP contribution in [0.2, 0.25) is 5.02 Å². The maximum atomic E-state index is 13.9. The second-order valence-corrected chi connectivity index (χ2v) is 6.93. The van der Waals surface area contributed by atoms with Crippen molar-refractivity contribution in [3.05, 3.63) is 34.6 Å². The van der Waals surface area contributed by atoms with E-state index < -0.39 is 38.4 Å². The van der Waals surface area contributed by atoms with Gasteiger partial charge in [0.1, 0.15) is 17.2 Å². The highest BCUT2D eigenvalue weighted by Gasteiger charge is 2.50. The van der Waals surface area contributed by atoms with Gasteiger partial charge < -0.3 is 8.92 Å². The summed E-state index contributed by atoms with van der Waals surface area (Å²) in [7, 11) is -5.94. The van der Waals surface area contributed by atoms with Gasteiger partial charge in [-0.15, -0.1) is 0 Å². The van der Waals surface area contributed by atoms with Gasteiger partial charge in [0.15, 0.2) is 5.76 Å². The predicted octanol–water partition coefficient (Wildman–Crippen LogP) is 3.86. The molecule has 0 spiro atoms. The fraction of sp³-hybridized carbons (Fsp3) is 0.333. The van der Waals surface area contributed by atoms with Crippen molar-refractivity contribution in [2.45, 2.75) is 25.0 Å². The number of ether oxygens (including phenoxy) is 1. The quantitative estimate of drug-likeness (QED) is 0.456. The van der Waals surface area contributed by atoms with Gasteiger partial charge in [-0.3, -0.25) is 0 Å². The van der Waals surface area contributed by atoms with Crippen LogP contribution in [0.3, 0.4) is 0 Å². The summed E-state index contributed by atoms with van der Waals surface area (Å²) in [6.45, 7) is 2.86. The van der Waals surface area contributed by atoms with Gasteiger partial charge in [-0.2, -0.15) is 21.6 Å². The molecule has 1 aliphatic rings. The topological polar surface area (TPSA) is 52.6 Å². The van der Waals surface area contributed by atoms with Gasteiger partial charge in [0.25, 0.3) is 0 Å². The van der Waals surface area contributed by atoms with Crippen LogP contribution in [0.25, 0.3) is 5.76 Å². The Kier molecular flexibility index (Phi) is 3.85. The van der Waals surface area contributed by atoms with Crippen LogP contribution >= 0.6 is 11.6 Å². The third-order valence-electron chi connectivity index (χ3n) is 2.60. The second-order valence-electron chi connectivity index (χ2n) is 4.96. The summed E-state index contributed by atoms with van der Waals surface area (Å²) in [5.74, 6) is -2.09. The molecule has 10 heteroatoms. The molecule has 0 unspecified atom stereocenters. The molecule has 4 nitrogen and oxygen atoms in total. The molecule has 0 amide bonds. The Balaban J connectivity index is 2.59. The van der Waals surface area contributed by atoms with Gasteiger partial charge in [-0.05, 0) is 26.0 Å². The number of hydrogen-bond acceptors (Lipinski definition) is 4. The van der Waals surface area contributed by atoms with Gasteiger partial charge in [0.2, 0.25) is 0 Å². The predicted molar refractivity (Wildman–Crippen MR) is 70.2 cm³/mol. The van der Waals surface area contributed by atoms with Crippen LogP contribution < -0.4 is 4.74 Å². The standard InChI is InChI=1S/C12H9ClF4O4S/c1-11(2)5-9(21-22(18,19)12(15,16)17)10-7(14)3-6(13)4-8(10)20-11/h3-5H,1-2H3. The third kappa shape index (κ3) is 3.14. The van der Waals surface area contributed by atoms with Gasteiger partial charge >= 0.3 is 15.6 Å². The van der Waals surface area contributed by atoms with Crippen molar-refractivity contribution < 1.29 is 34.9 Å². The van der Waals surface area contributed by atoms with Crippen molar-refractivity contribution in [3.63, 3.8) is 0 Å². The zero-order valence-corrected chi connectivity index (χ0v) is 12.7. The molecule has 1 aliphatic heterocycles. The van der Waals surface area contributed by atoms with E-state index in [4.69, 9.17) is 16.3 Å². The summed E-state index contributed by atoms with van der Waals surface area (Å²) >= 11 is 5.65. The summed E-state index contributed by atoms with van der Waals surface area (Å²) in [6, 6.07) is 1.96. The highest BCUT2D eigenvalue weighted by molar-refractivity contribution is 7.87. The highest BCUT2D eigenvalue weighted by atomic mass is 35.5. The number of halogens is 5. The number of fused-ring (bicyclic) bond motifs is 1. The molecule has 0 fully saturated rings. The molecular weight excluding hydrogens is 352 g/mol. The van der Waals surface area contributed by atoms with Gasteiger partial charge in [-0.25, -0.2) is 4.39 Å². The Hall–Kier alpha value is -1.48. The average Bonchev–Trinajstić information content (AvgIpc) is 2.22. The molecule has 1 heterocycles. The first-order chi connectivity index (χ1) is 9.82. The highest BCUT2D eigenvalue weighted by Crippen LogP contribution is 2.42. The molecule has 0 aromatic heterocycles. The van der Waals surface area contributed by atoms with Crippen molar-refractivity contribution in [1.29, 1.82) is 0 Å². The molecule has 0 saturated carbocycles. The summed E-state index contributed by atoms with van der Waals surface area (Å²) in [5, 5.41) is -0.0630. The van der Waals surface area contributed by atoms with Crippen LogP contribution in [0.4, 0.5) is 17.6 Å². The Bertz CT molecular complexity index is 753. The van der Waals surface area contributed by atoms with E-state index in [0.29, 0.717) is 0 Å². The van der Waals surface area contributed by atoms with Gasteiger partial charge in [-0.1, -0.05) is 11.6 Å². The first-order valence-corrected chi connectivity index (χ1v) is 7.53. The summed E-state index contributed by atoms with van der Waals surface area (Å²) < 4.78 is 83.0. The molecule has 122 valence electrons. The Morgan fingerprint density at radius 1 is 1.27 bits per heavy atom. The van der Waals surface area contributed by atoms with Crippen LogP contribution in [0, 0.1) is 5.82 Å². The molecule has 0 N–H and O–H groups in total. The molecule has 0 atom stereocenters. The lowest BCUT2D eigenvalue weighted by molar-refractivity contribution is -0.0510. The minimum absolute atomic E-state index is 0.0630. The second kappa shape index (κ2) is 5.02. The molecule has 1 aromatic rings. The van der Waals surface area contributed by atoms with Crippen molar-refractivity contribution in [2.24, 2.45) is 0 Å². The molecular formula is C12H9ClF4O4S. The number of benzene rings is 1. The molecule has 0 radical (unpaired) electrons. The fourth-order valence-electron chi connectivity index (χ4n) is 1.80. The lowest BCUT2D eigenvalue weighted by atomic mass is 10.0. The minimum atomic E-state index is -5.94. The largest absolute Gasteiger partial charge is 0.534 e. The Morgan fingerprint density at radius 2 is 1.86 bits per heavy atom. The Morgan fingerprint density at radius 3 is 2.41 bits per heavy atom. The summed E-state index contributed by atoms with van der Waals surface area (Å²) in [6.07, 6.45) is 0.940. The lowest BCUT2D eigenvalue weighted by Gasteiger charge is -2.30. The maximum Gasteiger partial charge on any atom is 0.534 e. The van der Waals surface area contributed by atoms with E-state index in [1.54, 1.807) is 0 Å². The molecule has 0 bridgehead atoms. The number of alkyl halides is 3. The molecule has 2 rings (SSSR count). The zero-order chi connectivity index (χ0) is 16.9. The first kappa shape index (κ1) is 16.9. The SMILES string of the molecule is CC1(C)C=C(OS(=O)(=O)C(F)(F)F)c2c(F)cc(Cl)cc2O1. The van der Waals surface area contributed by atoms with Crippen LogP contribution in [-0.2, 0) is 14.3 Å². The fourth-order valence-corrected chi connectivity index (χ4v) is 2.46. The number of hydrogen-bond donors (Lipinski definition) is 0. The summed E-state index contributed by atoms with van der Waals surface area (Å²) in [4.78, 5) is 0. The molecule has 0 saturated heterocycles. The molecule has 0 aliphatic carbocycles. The first-order valence-electron chi connectivity index (χ1n) is 5.74. The van der Waals surface area contributed by atoms with Crippen molar-refractivity contribution in [2.75, 3.05) is 0 Å². The van der Waals surface area contributed by atoms with Crippen molar-refractivity contribution in [3.8, 4) is 5.75 Å². The Labute approximate surface area is 128 Å². The van der Waals surface area contributed by atoms with Crippen LogP contribution in [0.1, 0.15) is 19.4 Å². The van der Waals surface area contributed by atoms with E-state index in [1.165, 1.54) is 13.8 Å². The van der Waals surface area contributed by atoms with E-state index in [0.717, 1.165) is 18.2 Å². The lowest BCUT2D eigenvalue weighted by Crippen LogP contribution is -2.32. The van der Waals surface area contributed by atoms with Crippen molar-refractivity contribution in [1.82, 2.24) is 0 Å². The average molecular weight is 361 g/mol. The third-order valence-corrected chi connectivity index (χ3v) is 3.78. The van der Waals surface area contributed by atoms with Crippen LogP contribution in [0.15, 0.2) is 18.2 Å². The van der Waals surface area contributed by atoms with Crippen LogP contribution in [0.5, 0.6) is 5.75 Å². The smallest absolute Gasteiger partial charge is 0.483 e. The van der Waals surface area contributed by atoms with E-state index in [2.05, 4.69) is 4.18 Å². The van der Waals surface area contributed by atoms with Gasteiger partial charge in [0, 0.05) is 11.1 Å². The van der Waals surface area contributed by atoms with E-state index in [-0.39, 0.29) is 10.8 Å². The van der Waals surface area contributed by atoms with E-state index >= 15 is 0 Å². The minimum Gasteiger partial charge on any atom is -0.483 e. The normalized spacial score (nSPS) is 17.3. The monoisotopic (exact) mass is 360 g/mol. The summed E-state index contributed by atoms with van der Waals surface area (Å²) in [5.41, 5.74) is -7.41. The van der Waals surface area contributed by atoms with E-state index in [1.807, 2.05) is 0 Å². The maximum absolute atomic E-state index is 13.9.